The first-order valence-electron chi connectivity index (χ1n) is 5.59. The SMILES string of the molecule is CC1C(O)C(F)C(O)(C(=O)O)OC1[C@H](O)[C@H](O)CO. The maximum Gasteiger partial charge on any atom is 0.367 e. The molecule has 0 radical (unpaired) electrons. The number of halogens is 1. The Morgan fingerprint density at radius 2 is 2.00 bits per heavy atom. The van der Waals surface area contributed by atoms with Crippen molar-refractivity contribution in [2.24, 2.45) is 5.92 Å². The van der Waals surface area contributed by atoms with Crippen LogP contribution in [0.25, 0.3) is 0 Å². The first-order valence-corrected chi connectivity index (χ1v) is 5.59. The lowest BCUT2D eigenvalue weighted by Crippen LogP contribution is -2.66. The van der Waals surface area contributed by atoms with Crippen molar-refractivity contribution in [3.05, 3.63) is 0 Å². The summed E-state index contributed by atoms with van der Waals surface area (Å²) in [5.41, 5.74) is 0. The first kappa shape index (κ1) is 16.2. The molecule has 1 rings (SSSR count). The number of carboxylic acid groups (broad SMARTS) is 1. The van der Waals surface area contributed by atoms with Crippen LogP contribution in [-0.4, -0.2) is 79.6 Å². The summed E-state index contributed by atoms with van der Waals surface area (Å²) in [7, 11) is 0. The van der Waals surface area contributed by atoms with E-state index in [-0.39, 0.29) is 0 Å². The lowest BCUT2D eigenvalue weighted by molar-refractivity contribution is -0.327. The molecular weight excluding hydrogens is 267 g/mol. The predicted molar refractivity (Wildman–Crippen MR) is 56.6 cm³/mol. The van der Waals surface area contributed by atoms with E-state index in [4.69, 9.17) is 10.2 Å². The summed E-state index contributed by atoms with van der Waals surface area (Å²) < 4.78 is 18.3. The molecule has 0 aliphatic carbocycles. The molecule has 1 aliphatic rings. The van der Waals surface area contributed by atoms with Crippen molar-refractivity contribution in [1.29, 1.82) is 0 Å². The number of hydrogen-bond acceptors (Lipinski definition) is 7. The van der Waals surface area contributed by atoms with Gasteiger partial charge in [-0.05, 0) is 0 Å². The van der Waals surface area contributed by atoms with E-state index in [1.165, 1.54) is 6.92 Å². The van der Waals surface area contributed by atoms with E-state index in [1.54, 1.807) is 0 Å². The minimum absolute atomic E-state index is 0.853. The number of rotatable bonds is 4. The Balaban J connectivity index is 3.04. The minimum atomic E-state index is -3.33. The van der Waals surface area contributed by atoms with Gasteiger partial charge in [0.1, 0.15) is 12.2 Å². The predicted octanol–water partition coefficient (Wildman–Crippen LogP) is -2.79. The Labute approximate surface area is 107 Å². The summed E-state index contributed by atoms with van der Waals surface area (Å²) >= 11 is 0. The Hall–Kier alpha value is -0.840. The average molecular weight is 284 g/mol. The molecule has 0 amide bonds. The first-order chi connectivity index (χ1) is 8.66. The molecule has 0 aromatic rings. The molecule has 0 aromatic heterocycles. The number of aliphatic carboxylic acids is 1. The van der Waals surface area contributed by atoms with E-state index >= 15 is 0 Å². The van der Waals surface area contributed by atoms with E-state index in [9.17, 15) is 29.6 Å². The van der Waals surface area contributed by atoms with Crippen molar-refractivity contribution in [3.8, 4) is 0 Å². The molecule has 0 aromatic carbocycles. The molecule has 1 heterocycles. The molecule has 8 nitrogen and oxygen atoms in total. The molecule has 7 atom stereocenters. The van der Waals surface area contributed by atoms with Gasteiger partial charge in [0.05, 0.1) is 18.8 Å². The molecule has 1 aliphatic heterocycles. The molecular formula is C10H17FO8. The van der Waals surface area contributed by atoms with Crippen LogP contribution in [0, 0.1) is 5.92 Å². The van der Waals surface area contributed by atoms with Gasteiger partial charge in [-0.3, -0.25) is 0 Å². The normalized spacial score (nSPS) is 42.7. The molecule has 1 saturated heterocycles. The van der Waals surface area contributed by atoms with Crippen molar-refractivity contribution in [3.63, 3.8) is 0 Å². The van der Waals surface area contributed by atoms with Crippen LogP contribution in [0.4, 0.5) is 4.39 Å². The fraction of sp³-hybridized carbons (Fsp3) is 0.900. The molecule has 5 unspecified atom stereocenters. The van der Waals surface area contributed by atoms with Gasteiger partial charge in [-0.15, -0.1) is 0 Å². The summed E-state index contributed by atoms with van der Waals surface area (Å²) in [4.78, 5) is 10.8. The van der Waals surface area contributed by atoms with Crippen molar-refractivity contribution in [2.45, 2.75) is 43.3 Å². The van der Waals surface area contributed by atoms with Gasteiger partial charge in [-0.2, -0.15) is 0 Å². The third-order valence-corrected chi connectivity index (χ3v) is 3.27. The van der Waals surface area contributed by atoms with Crippen LogP contribution in [0.5, 0.6) is 0 Å². The fourth-order valence-corrected chi connectivity index (χ4v) is 1.95. The molecule has 112 valence electrons. The van der Waals surface area contributed by atoms with Gasteiger partial charge in [0.25, 0.3) is 0 Å². The molecule has 19 heavy (non-hydrogen) atoms. The van der Waals surface area contributed by atoms with E-state index in [0.29, 0.717) is 0 Å². The van der Waals surface area contributed by atoms with Crippen molar-refractivity contribution < 1.29 is 44.6 Å². The summed E-state index contributed by atoms with van der Waals surface area (Å²) in [5.74, 6) is -6.50. The van der Waals surface area contributed by atoms with E-state index in [2.05, 4.69) is 4.74 Å². The van der Waals surface area contributed by atoms with Gasteiger partial charge in [-0.1, -0.05) is 6.92 Å². The van der Waals surface area contributed by atoms with Crippen LogP contribution in [-0.2, 0) is 9.53 Å². The van der Waals surface area contributed by atoms with Crippen LogP contribution >= 0.6 is 0 Å². The maximum absolute atomic E-state index is 13.6. The zero-order valence-electron chi connectivity index (χ0n) is 10.0. The molecule has 0 saturated carbocycles. The van der Waals surface area contributed by atoms with E-state index in [1.807, 2.05) is 0 Å². The van der Waals surface area contributed by atoms with Crippen molar-refractivity contribution in [1.82, 2.24) is 0 Å². The van der Waals surface area contributed by atoms with E-state index in [0.717, 1.165) is 0 Å². The lowest BCUT2D eigenvalue weighted by Gasteiger charge is -2.45. The molecule has 0 spiro atoms. The second-order valence-corrected chi connectivity index (χ2v) is 4.58. The van der Waals surface area contributed by atoms with Crippen LogP contribution in [0.3, 0.4) is 0 Å². The van der Waals surface area contributed by atoms with Crippen molar-refractivity contribution >= 4 is 5.97 Å². The molecule has 9 heteroatoms. The largest absolute Gasteiger partial charge is 0.477 e. The quantitative estimate of drug-likeness (QED) is 0.324. The fourth-order valence-electron chi connectivity index (χ4n) is 1.95. The average Bonchev–Trinajstić information content (AvgIpc) is 2.38. The summed E-state index contributed by atoms with van der Waals surface area (Å²) in [6, 6.07) is 0. The van der Waals surface area contributed by atoms with Crippen LogP contribution < -0.4 is 0 Å². The van der Waals surface area contributed by atoms with Gasteiger partial charge in [0.2, 0.25) is 0 Å². The molecule has 1 fully saturated rings. The number of carboxylic acids is 1. The second kappa shape index (κ2) is 5.65. The number of alkyl halides is 1. The molecule has 6 N–H and O–H groups in total. The van der Waals surface area contributed by atoms with Crippen LogP contribution in [0.2, 0.25) is 0 Å². The Bertz CT molecular complexity index is 335. The number of aliphatic hydroxyl groups excluding tert-OH is 4. The number of aliphatic hydroxyl groups is 5. The second-order valence-electron chi connectivity index (χ2n) is 4.58. The van der Waals surface area contributed by atoms with Crippen LogP contribution in [0.15, 0.2) is 0 Å². The number of hydrogen-bond donors (Lipinski definition) is 6. The highest BCUT2D eigenvalue weighted by Gasteiger charge is 2.59. The van der Waals surface area contributed by atoms with Gasteiger partial charge in [0, 0.05) is 5.92 Å². The summed E-state index contributed by atoms with van der Waals surface area (Å²) in [5, 5.41) is 55.5. The van der Waals surface area contributed by atoms with Gasteiger partial charge < -0.3 is 35.4 Å². The third kappa shape index (κ3) is 2.71. The van der Waals surface area contributed by atoms with Gasteiger partial charge in [-0.25, -0.2) is 9.18 Å². The Morgan fingerprint density at radius 3 is 2.42 bits per heavy atom. The van der Waals surface area contributed by atoms with Gasteiger partial charge in [0.15, 0.2) is 6.17 Å². The smallest absolute Gasteiger partial charge is 0.367 e. The maximum atomic E-state index is 13.6. The Kier molecular flexibility index (Phi) is 4.82. The number of ether oxygens (including phenoxy) is 1. The summed E-state index contributed by atoms with van der Waals surface area (Å²) in [6.45, 7) is 0.394. The standard InChI is InChI=1S/C10H17FO8/c1-3-5(14)8(11)10(18,9(16)17)19-7(3)6(15)4(13)2-12/h3-8,12-15,18H,2H2,1H3,(H,16,17)/t3?,4-,5?,6-,7?,8?,10?/m1/s1. The van der Waals surface area contributed by atoms with Gasteiger partial charge >= 0.3 is 11.8 Å². The zero-order valence-corrected chi connectivity index (χ0v) is 10.0. The topological polar surface area (TPSA) is 148 Å². The molecule has 0 bridgehead atoms. The summed E-state index contributed by atoms with van der Waals surface area (Å²) in [6.07, 6.45) is -9.58. The van der Waals surface area contributed by atoms with E-state index < -0.39 is 54.9 Å². The highest BCUT2D eigenvalue weighted by molar-refractivity contribution is 5.76. The highest BCUT2D eigenvalue weighted by Crippen LogP contribution is 2.35. The Morgan fingerprint density at radius 1 is 1.47 bits per heavy atom. The number of carbonyl (C=O) groups is 1. The third-order valence-electron chi connectivity index (χ3n) is 3.27. The monoisotopic (exact) mass is 284 g/mol. The lowest BCUT2D eigenvalue weighted by atomic mass is 9.83. The minimum Gasteiger partial charge on any atom is -0.477 e. The zero-order chi connectivity index (χ0) is 15.0. The van der Waals surface area contributed by atoms with Crippen LogP contribution in [0.1, 0.15) is 6.92 Å². The highest BCUT2D eigenvalue weighted by atomic mass is 19.1. The van der Waals surface area contributed by atoms with Crippen molar-refractivity contribution in [2.75, 3.05) is 6.61 Å².